The summed E-state index contributed by atoms with van der Waals surface area (Å²) < 4.78 is 10.6. The van der Waals surface area contributed by atoms with Crippen molar-refractivity contribution in [1.82, 2.24) is 9.97 Å². The zero-order valence-corrected chi connectivity index (χ0v) is 7.65. The van der Waals surface area contributed by atoms with Gasteiger partial charge in [0.2, 0.25) is 6.79 Å². The fourth-order valence-corrected chi connectivity index (χ4v) is 1.62. The first-order valence-corrected chi connectivity index (χ1v) is 4.36. The number of nitrogens with zero attached hydrogens (tertiary/aromatic N) is 2. The first-order valence-electron chi connectivity index (χ1n) is 4.36. The van der Waals surface area contributed by atoms with Gasteiger partial charge in [-0.25, -0.2) is 9.97 Å². The molecule has 0 saturated carbocycles. The second-order valence-electron chi connectivity index (χ2n) is 3.15. The summed E-state index contributed by atoms with van der Waals surface area (Å²) in [6, 6.07) is 3.85. The van der Waals surface area contributed by atoms with E-state index in [1.807, 2.05) is 19.1 Å². The van der Waals surface area contributed by atoms with E-state index in [-0.39, 0.29) is 6.79 Å². The molecule has 0 N–H and O–H groups in total. The molecule has 0 spiro atoms. The minimum Gasteiger partial charge on any atom is -0.454 e. The smallest absolute Gasteiger partial charge is 0.231 e. The first-order chi connectivity index (χ1) is 6.86. The van der Waals surface area contributed by atoms with E-state index in [0.717, 1.165) is 28.1 Å². The van der Waals surface area contributed by atoms with Gasteiger partial charge in [0.15, 0.2) is 11.5 Å². The summed E-state index contributed by atoms with van der Waals surface area (Å²) in [5.41, 5.74) is 1.78. The standard InChI is InChI=1S/C10H8N2O2/c1-6-7-2-3-8-10(14-5-13-8)9(7)12-4-11-6/h2-4H,5H2,1H3. The van der Waals surface area contributed by atoms with Crippen LogP contribution in [0.3, 0.4) is 0 Å². The number of hydrogen-bond donors (Lipinski definition) is 0. The van der Waals surface area contributed by atoms with Gasteiger partial charge in [0, 0.05) is 11.1 Å². The second-order valence-corrected chi connectivity index (χ2v) is 3.15. The van der Waals surface area contributed by atoms with Gasteiger partial charge in [-0.1, -0.05) is 0 Å². The summed E-state index contributed by atoms with van der Waals surface area (Å²) >= 11 is 0. The van der Waals surface area contributed by atoms with Crippen LogP contribution in [0.15, 0.2) is 18.5 Å². The molecule has 2 heterocycles. The van der Waals surface area contributed by atoms with Gasteiger partial charge in [0.05, 0.1) is 0 Å². The van der Waals surface area contributed by atoms with Crippen molar-refractivity contribution in [3.63, 3.8) is 0 Å². The minimum absolute atomic E-state index is 0.275. The third-order valence-electron chi connectivity index (χ3n) is 2.34. The number of hydrogen-bond acceptors (Lipinski definition) is 4. The molecule has 1 aliphatic heterocycles. The van der Waals surface area contributed by atoms with Crippen molar-refractivity contribution in [1.29, 1.82) is 0 Å². The predicted molar refractivity (Wildman–Crippen MR) is 50.4 cm³/mol. The highest BCUT2D eigenvalue weighted by molar-refractivity contribution is 5.88. The molecule has 4 nitrogen and oxygen atoms in total. The second kappa shape index (κ2) is 2.57. The van der Waals surface area contributed by atoms with E-state index in [2.05, 4.69) is 9.97 Å². The van der Waals surface area contributed by atoms with Crippen LogP contribution in [0, 0.1) is 6.92 Å². The molecule has 0 aliphatic carbocycles. The number of ether oxygens (including phenoxy) is 2. The number of benzene rings is 1. The zero-order chi connectivity index (χ0) is 9.54. The molecule has 1 aromatic carbocycles. The summed E-state index contributed by atoms with van der Waals surface area (Å²) in [5, 5.41) is 1.01. The molecular formula is C10H8N2O2. The predicted octanol–water partition coefficient (Wildman–Crippen LogP) is 1.67. The maximum atomic E-state index is 5.35. The Morgan fingerprint density at radius 3 is 3.07 bits per heavy atom. The number of aromatic nitrogens is 2. The van der Waals surface area contributed by atoms with Crippen molar-refractivity contribution in [2.75, 3.05) is 6.79 Å². The molecule has 0 unspecified atom stereocenters. The largest absolute Gasteiger partial charge is 0.454 e. The monoisotopic (exact) mass is 188 g/mol. The fourth-order valence-electron chi connectivity index (χ4n) is 1.62. The molecule has 3 rings (SSSR count). The van der Waals surface area contributed by atoms with E-state index < -0.39 is 0 Å². The van der Waals surface area contributed by atoms with Crippen LogP contribution in [0.2, 0.25) is 0 Å². The molecule has 0 fully saturated rings. The van der Waals surface area contributed by atoms with Gasteiger partial charge in [-0.3, -0.25) is 0 Å². The van der Waals surface area contributed by atoms with Gasteiger partial charge in [-0.05, 0) is 19.1 Å². The summed E-state index contributed by atoms with van der Waals surface area (Å²) in [6.45, 7) is 2.23. The van der Waals surface area contributed by atoms with Crippen LogP contribution in [-0.2, 0) is 0 Å². The van der Waals surface area contributed by atoms with E-state index in [1.165, 1.54) is 0 Å². The van der Waals surface area contributed by atoms with Crippen molar-refractivity contribution in [3.8, 4) is 11.5 Å². The summed E-state index contributed by atoms with van der Waals surface area (Å²) in [4.78, 5) is 8.32. The highest BCUT2D eigenvalue weighted by Crippen LogP contribution is 2.38. The van der Waals surface area contributed by atoms with Gasteiger partial charge >= 0.3 is 0 Å². The van der Waals surface area contributed by atoms with E-state index in [4.69, 9.17) is 9.47 Å². The third kappa shape index (κ3) is 0.878. The van der Waals surface area contributed by atoms with Gasteiger partial charge in [0.1, 0.15) is 11.8 Å². The molecule has 1 aromatic heterocycles. The van der Waals surface area contributed by atoms with Crippen LogP contribution in [-0.4, -0.2) is 16.8 Å². The topological polar surface area (TPSA) is 44.2 Å². The summed E-state index contributed by atoms with van der Waals surface area (Å²) in [5.74, 6) is 1.49. The molecule has 0 amide bonds. The molecule has 70 valence electrons. The molecule has 14 heavy (non-hydrogen) atoms. The molecule has 1 aliphatic rings. The van der Waals surface area contributed by atoms with Gasteiger partial charge in [-0.2, -0.15) is 0 Å². The molecule has 0 bridgehead atoms. The lowest BCUT2D eigenvalue weighted by atomic mass is 10.2. The average Bonchev–Trinajstić information content (AvgIpc) is 2.66. The Morgan fingerprint density at radius 1 is 1.21 bits per heavy atom. The molecule has 0 radical (unpaired) electrons. The van der Waals surface area contributed by atoms with Crippen molar-refractivity contribution < 1.29 is 9.47 Å². The van der Waals surface area contributed by atoms with Crippen LogP contribution in [0.1, 0.15) is 5.69 Å². The Hall–Kier alpha value is -1.84. The van der Waals surface area contributed by atoms with Crippen molar-refractivity contribution >= 4 is 10.9 Å². The van der Waals surface area contributed by atoms with Crippen LogP contribution < -0.4 is 9.47 Å². The average molecular weight is 188 g/mol. The van der Waals surface area contributed by atoms with E-state index in [0.29, 0.717) is 0 Å². The number of rotatable bonds is 0. The highest BCUT2D eigenvalue weighted by atomic mass is 16.7. The van der Waals surface area contributed by atoms with Gasteiger partial charge in [0.25, 0.3) is 0 Å². The van der Waals surface area contributed by atoms with Crippen LogP contribution >= 0.6 is 0 Å². The Labute approximate surface area is 80.5 Å². The summed E-state index contributed by atoms with van der Waals surface area (Å²) in [7, 11) is 0. The summed E-state index contributed by atoms with van der Waals surface area (Å²) in [6.07, 6.45) is 1.54. The Balaban J connectivity index is 2.44. The lowest BCUT2D eigenvalue weighted by Crippen LogP contribution is -1.93. The fraction of sp³-hybridized carbons (Fsp3) is 0.200. The van der Waals surface area contributed by atoms with Crippen molar-refractivity contribution in [2.24, 2.45) is 0 Å². The maximum Gasteiger partial charge on any atom is 0.231 e. The SMILES string of the molecule is Cc1ncnc2c3c(ccc12)OCO3. The molecule has 4 heteroatoms. The lowest BCUT2D eigenvalue weighted by Gasteiger charge is -2.02. The molecular weight excluding hydrogens is 180 g/mol. The highest BCUT2D eigenvalue weighted by Gasteiger charge is 2.18. The molecule has 0 atom stereocenters. The Bertz CT molecular complexity index is 511. The van der Waals surface area contributed by atoms with Gasteiger partial charge in [-0.15, -0.1) is 0 Å². The van der Waals surface area contributed by atoms with E-state index in [1.54, 1.807) is 6.33 Å². The molecule has 0 saturated heterocycles. The number of fused-ring (bicyclic) bond motifs is 3. The maximum absolute atomic E-state index is 5.35. The Kier molecular flexibility index (Phi) is 1.39. The molecule has 2 aromatic rings. The zero-order valence-electron chi connectivity index (χ0n) is 7.65. The van der Waals surface area contributed by atoms with Gasteiger partial charge < -0.3 is 9.47 Å². The van der Waals surface area contributed by atoms with E-state index in [9.17, 15) is 0 Å². The quantitative estimate of drug-likeness (QED) is 0.630. The van der Waals surface area contributed by atoms with E-state index >= 15 is 0 Å². The van der Waals surface area contributed by atoms with Crippen molar-refractivity contribution in [2.45, 2.75) is 6.92 Å². The Morgan fingerprint density at radius 2 is 2.14 bits per heavy atom. The van der Waals surface area contributed by atoms with Crippen LogP contribution in [0.25, 0.3) is 10.9 Å². The van der Waals surface area contributed by atoms with Crippen LogP contribution in [0.4, 0.5) is 0 Å². The van der Waals surface area contributed by atoms with Crippen LogP contribution in [0.5, 0.6) is 11.5 Å². The third-order valence-corrected chi connectivity index (χ3v) is 2.34. The minimum atomic E-state index is 0.275. The number of aryl methyl sites for hydroxylation is 1. The first kappa shape index (κ1) is 7.55. The normalized spacial score (nSPS) is 13.5. The van der Waals surface area contributed by atoms with Crippen molar-refractivity contribution in [3.05, 3.63) is 24.2 Å². The lowest BCUT2D eigenvalue weighted by molar-refractivity contribution is 0.174.